The third-order valence-corrected chi connectivity index (χ3v) is 2.54. The Morgan fingerprint density at radius 3 is 2.50 bits per heavy atom. The van der Waals surface area contributed by atoms with Gasteiger partial charge in [-0.05, 0) is 19.4 Å². The first-order valence-electron chi connectivity index (χ1n) is 6.18. The fraction of sp³-hybridized carbons (Fsp3) is 0.917. The van der Waals surface area contributed by atoms with Crippen molar-refractivity contribution in [1.29, 1.82) is 0 Å². The molecule has 0 aliphatic heterocycles. The molecule has 1 atom stereocenters. The van der Waals surface area contributed by atoms with Crippen LogP contribution in [0.25, 0.3) is 0 Å². The summed E-state index contributed by atoms with van der Waals surface area (Å²) < 4.78 is 0. The van der Waals surface area contributed by atoms with Crippen LogP contribution in [0.2, 0.25) is 0 Å². The van der Waals surface area contributed by atoms with Crippen LogP contribution in [0.4, 0.5) is 0 Å². The van der Waals surface area contributed by atoms with E-state index in [0.29, 0.717) is 18.9 Å². The van der Waals surface area contributed by atoms with Gasteiger partial charge in [-0.2, -0.15) is 0 Å². The van der Waals surface area contributed by atoms with Crippen LogP contribution >= 0.6 is 0 Å². The molecule has 0 radical (unpaired) electrons. The van der Waals surface area contributed by atoms with Crippen LogP contribution in [-0.2, 0) is 4.79 Å². The van der Waals surface area contributed by atoms with Gasteiger partial charge in [0.25, 0.3) is 0 Å². The van der Waals surface area contributed by atoms with Crippen LogP contribution in [0, 0.1) is 5.92 Å². The molecule has 1 amide bonds. The zero-order chi connectivity index (χ0) is 12.6. The molecular formula is C12H27N3O. The molecule has 0 aromatic carbocycles. The minimum Gasteiger partial charge on any atom is -0.356 e. The lowest BCUT2D eigenvalue weighted by molar-refractivity contribution is -0.122. The minimum absolute atomic E-state index is 0.105. The lowest BCUT2D eigenvalue weighted by Gasteiger charge is -2.27. The third kappa shape index (κ3) is 6.80. The Morgan fingerprint density at radius 2 is 2.06 bits per heavy atom. The second kappa shape index (κ2) is 8.53. The monoisotopic (exact) mass is 229 g/mol. The normalized spacial score (nSPS) is 13.2. The zero-order valence-electron chi connectivity index (χ0n) is 11.1. The molecule has 96 valence electrons. The number of carbonyl (C=O) groups is 1. The van der Waals surface area contributed by atoms with E-state index in [0.717, 1.165) is 19.5 Å². The summed E-state index contributed by atoms with van der Waals surface area (Å²) in [6.07, 6.45) is 1.47. The van der Waals surface area contributed by atoms with Crippen LogP contribution in [-0.4, -0.2) is 43.5 Å². The van der Waals surface area contributed by atoms with Crippen molar-refractivity contribution in [3.05, 3.63) is 0 Å². The fourth-order valence-electron chi connectivity index (χ4n) is 1.69. The van der Waals surface area contributed by atoms with Crippen molar-refractivity contribution >= 4 is 5.91 Å². The van der Waals surface area contributed by atoms with Crippen LogP contribution < -0.4 is 11.1 Å². The van der Waals surface area contributed by atoms with Gasteiger partial charge in [-0.1, -0.05) is 20.8 Å². The smallest absolute Gasteiger partial charge is 0.221 e. The molecule has 0 rings (SSSR count). The molecule has 0 bridgehead atoms. The predicted octanol–water partition coefficient (Wildman–Crippen LogP) is 0.818. The number of rotatable bonds is 8. The van der Waals surface area contributed by atoms with Gasteiger partial charge in [0.05, 0.1) is 0 Å². The number of carbonyl (C=O) groups excluding carboxylic acids is 1. The molecule has 4 nitrogen and oxygen atoms in total. The molecule has 3 N–H and O–H groups in total. The predicted molar refractivity (Wildman–Crippen MR) is 68.2 cm³/mol. The summed E-state index contributed by atoms with van der Waals surface area (Å²) in [4.78, 5) is 13.7. The molecule has 0 aromatic rings. The van der Waals surface area contributed by atoms with E-state index in [1.807, 2.05) is 14.0 Å². The summed E-state index contributed by atoms with van der Waals surface area (Å²) in [5.41, 5.74) is 5.70. The molecule has 0 aliphatic rings. The highest BCUT2D eigenvalue weighted by atomic mass is 16.1. The molecule has 1 unspecified atom stereocenters. The molecule has 0 spiro atoms. The largest absolute Gasteiger partial charge is 0.356 e. The van der Waals surface area contributed by atoms with Gasteiger partial charge >= 0.3 is 0 Å². The fourth-order valence-corrected chi connectivity index (χ4v) is 1.69. The Hall–Kier alpha value is -0.610. The van der Waals surface area contributed by atoms with Crippen LogP contribution in [0.1, 0.15) is 33.6 Å². The summed E-state index contributed by atoms with van der Waals surface area (Å²) in [6, 6.07) is 0.152. The molecule has 16 heavy (non-hydrogen) atoms. The molecule has 0 saturated heterocycles. The summed E-state index contributed by atoms with van der Waals surface area (Å²) in [5.74, 6) is 0.700. The maximum atomic E-state index is 11.6. The van der Waals surface area contributed by atoms with Crippen molar-refractivity contribution in [3.63, 3.8) is 0 Å². The average Bonchev–Trinajstić information content (AvgIpc) is 2.21. The Kier molecular flexibility index (Phi) is 8.21. The van der Waals surface area contributed by atoms with Crippen LogP contribution in [0.5, 0.6) is 0 Å². The number of likely N-dealkylation sites (N-methyl/N-ethyl adjacent to an activating group) is 1. The summed E-state index contributed by atoms with van der Waals surface area (Å²) in [7, 11) is 2.03. The van der Waals surface area contributed by atoms with Crippen molar-refractivity contribution in [2.45, 2.75) is 39.7 Å². The molecular weight excluding hydrogens is 202 g/mol. The molecule has 0 saturated carbocycles. The van der Waals surface area contributed by atoms with E-state index < -0.39 is 0 Å². The second-order valence-electron chi connectivity index (χ2n) is 4.78. The van der Waals surface area contributed by atoms with Gasteiger partial charge in [-0.25, -0.2) is 0 Å². The SMILES string of the molecule is CCCNC(=O)CC(CN)N(C)CC(C)C. The Bertz CT molecular complexity index is 195. The average molecular weight is 229 g/mol. The first-order chi connectivity index (χ1) is 7.51. The van der Waals surface area contributed by atoms with Gasteiger partial charge in [0, 0.05) is 32.1 Å². The highest BCUT2D eigenvalue weighted by Crippen LogP contribution is 2.04. The van der Waals surface area contributed by atoms with Crippen LogP contribution in [0.15, 0.2) is 0 Å². The number of hydrogen-bond donors (Lipinski definition) is 2. The maximum absolute atomic E-state index is 11.6. The van der Waals surface area contributed by atoms with E-state index in [1.165, 1.54) is 0 Å². The number of nitrogens with zero attached hydrogens (tertiary/aromatic N) is 1. The highest BCUT2D eigenvalue weighted by Gasteiger charge is 2.17. The van der Waals surface area contributed by atoms with Gasteiger partial charge in [0.1, 0.15) is 0 Å². The van der Waals surface area contributed by atoms with Crippen molar-refractivity contribution in [2.24, 2.45) is 11.7 Å². The molecule has 0 aliphatic carbocycles. The molecule has 0 heterocycles. The Balaban J connectivity index is 4.02. The maximum Gasteiger partial charge on any atom is 0.221 e. The Labute approximate surface area is 99.6 Å². The topological polar surface area (TPSA) is 58.4 Å². The standard InChI is InChI=1S/C12H27N3O/c1-5-6-14-12(16)7-11(8-13)15(4)9-10(2)3/h10-11H,5-9,13H2,1-4H3,(H,14,16). The molecule has 4 heteroatoms. The van der Waals surface area contributed by atoms with E-state index in [-0.39, 0.29) is 11.9 Å². The Morgan fingerprint density at radius 1 is 1.44 bits per heavy atom. The summed E-state index contributed by atoms with van der Waals surface area (Å²) >= 11 is 0. The molecule has 0 fully saturated rings. The third-order valence-electron chi connectivity index (χ3n) is 2.54. The van der Waals surface area contributed by atoms with Crippen molar-refractivity contribution < 1.29 is 4.79 Å². The number of nitrogens with one attached hydrogen (secondary N) is 1. The minimum atomic E-state index is 0.105. The van der Waals surface area contributed by atoms with E-state index in [9.17, 15) is 4.79 Å². The quantitative estimate of drug-likeness (QED) is 0.648. The summed E-state index contributed by atoms with van der Waals surface area (Å²) in [6.45, 7) is 8.64. The van der Waals surface area contributed by atoms with E-state index in [2.05, 4.69) is 24.1 Å². The number of amides is 1. The lowest BCUT2D eigenvalue weighted by atomic mass is 10.1. The summed E-state index contributed by atoms with van der Waals surface area (Å²) in [5, 5.41) is 2.88. The van der Waals surface area contributed by atoms with Crippen LogP contribution in [0.3, 0.4) is 0 Å². The second-order valence-corrected chi connectivity index (χ2v) is 4.78. The number of hydrogen-bond acceptors (Lipinski definition) is 3. The van der Waals surface area contributed by atoms with E-state index in [1.54, 1.807) is 0 Å². The first-order valence-corrected chi connectivity index (χ1v) is 6.18. The van der Waals surface area contributed by atoms with Gasteiger partial charge in [-0.3, -0.25) is 4.79 Å². The first kappa shape index (κ1) is 15.4. The number of nitrogens with two attached hydrogens (primary N) is 1. The van der Waals surface area contributed by atoms with Crippen molar-refractivity contribution in [2.75, 3.05) is 26.7 Å². The van der Waals surface area contributed by atoms with E-state index >= 15 is 0 Å². The zero-order valence-corrected chi connectivity index (χ0v) is 11.1. The molecule has 0 aromatic heterocycles. The highest BCUT2D eigenvalue weighted by molar-refractivity contribution is 5.76. The van der Waals surface area contributed by atoms with Gasteiger partial charge < -0.3 is 16.0 Å². The van der Waals surface area contributed by atoms with Crippen molar-refractivity contribution in [1.82, 2.24) is 10.2 Å². The van der Waals surface area contributed by atoms with Gasteiger partial charge in [0.2, 0.25) is 5.91 Å². The lowest BCUT2D eigenvalue weighted by Crippen LogP contribution is -2.43. The van der Waals surface area contributed by atoms with Gasteiger partial charge in [-0.15, -0.1) is 0 Å². The van der Waals surface area contributed by atoms with E-state index in [4.69, 9.17) is 5.73 Å². The van der Waals surface area contributed by atoms with Gasteiger partial charge in [0.15, 0.2) is 0 Å². The van der Waals surface area contributed by atoms with Crippen molar-refractivity contribution in [3.8, 4) is 0 Å².